The Morgan fingerprint density at radius 1 is 1.16 bits per heavy atom. The summed E-state index contributed by atoms with van der Waals surface area (Å²) in [4.78, 5) is 16.9. The standard InChI is InChI=1S/C19H26N2O4/c1-18(2)11-5-12-19(3,4)21(18)25-16-10-13-24-17(16)14-6-8-15(9-7-14)20(22)23/h6-10,13,16-17H,5,11-12H2,1-4H3. The third-order valence-electron chi connectivity index (χ3n) is 5.13. The number of hydrogen-bond donors (Lipinski definition) is 0. The molecule has 0 bridgehead atoms. The lowest BCUT2D eigenvalue weighted by Crippen LogP contribution is -2.59. The number of rotatable bonds is 4. The third-order valence-corrected chi connectivity index (χ3v) is 5.13. The Morgan fingerprint density at radius 2 is 1.76 bits per heavy atom. The molecule has 0 aromatic heterocycles. The molecule has 6 heteroatoms. The zero-order valence-corrected chi connectivity index (χ0v) is 15.3. The Hall–Kier alpha value is -1.92. The Bertz CT molecular complexity index is 651. The Balaban J connectivity index is 1.79. The van der Waals surface area contributed by atoms with Crippen LogP contribution in [0.3, 0.4) is 0 Å². The number of hydroxylamine groups is 2. The van der Waals surface area contributed by atoms with E-state index < -0.39 is 4.92 Å². The van der Waals surface area contributed by atoms with Crippen LogP contribution in [0.2, 0.25) is 0 Å². The maximum Gasteiger partial charge on any atom is 0.269 e. The molecule has 2 aliphatic rings. The lowest BCUT2D eigenvalue weighted by molar-refractivity contribution is -0.384. The predicted octanol–water partition coefficient (Wildman–Crippen LogP) is 4.52. The van der Waals surface area contributed by atoms with E-state index in [9.17, 15) is 10.1 Å². The molecule has 0 amide bonds. The topological polar surface area (TPSA) is 64.8 Å². The summed E-state index contributed by atoms with van der Waals surface area (Å²) in [6.07, 6.45) is 6.36. The second kappa shape index (κ2) is 6.42. The Labute approximate surface area is 148 Å². The number of non-ortho nitro benzene ring substituents is 1. The van der Waals surface area contributed by atoms with E-state index in [-0.39, 0.29) is 29.0 Å². The van der Waals surface area contributed by atoms with E-state index in [0.717, 1.165) is 18.4 Å². The van der Waals surface area contributed by atoms with Gasteiger partial charge in [-0.15, -0.1) is 0 Å². The second-order valence-corrected chi connectivity index (χ2v) is 8.08. The molecule has 0 N–H and O–H groups in total. The molecule has 0 aliphatic carbocycles. The number of ether oxygens (including phenoxy) is 1. The van der Waals surface area contributed by atoms with Crippen LogP contribution in [0.5, 0.6) is 0 Å². The molecule has 0 saturated carbocycles. The maximum atomic E-state index is 10.8. The van der Waals surface area contributed by atoms with E-state index in [1.165, 1.54) is 18.6 Å². The smallest absolute Gasteiger partial charge is 0.269 e. The number of nitro groups is 1. The molecular weight excluding hydrogens is 320 g/mol. The zero-order chi connectivity index (χ0) is 18.2. The first-order valence-corrected chi connectivity index (χ1v) is 8.74. The summed E-state index contributed by atoms with van der Waals surface area (Å²) in [5, 5.41) is 13.0. The zero-order valence-electron chi connectivity index (χ0n) is 15.3. The van der Waals surface area contributed by atoms with Crippen molar-refractivity contribution in [2.75, 3.05) is 0 Å². The molecule has 2 atom stereocenters. The highest BCUT2D eigenvalue weighted by Crippen LogP contribution is 2.41. The van der Waals surface area contributed by atoms with E-state index in [4.69, 9.17) is 9.57 Å². The van der Waals surface area contributed by atoms with Crippen molar-refractivity contribution in [2.45, 2.75) is 70.2 Å². The van der Waals surface area contributed by atoms with Crippen molar-refractivity contribution in [3.8, 4) is 0 Å². The molecule has 2 aliphatic heterocycles. The van der Waals surface area contributed by atoms with Gasteiger partial charge in [0.15, 0.2) is 6.10 Å². The summed E-state index contributed by atoms with van der Waals surface area (Å²) < 4.78 is 5.73. The fourth-order valence-electron chi connectivity index (χ4n) is 3.91. The number of benzene rings is 1. The molecule has 3 rings (SSSR count). The van der Waals surface area contributed by atoms with Crippen molar-refractivity contribution in [1.29, 1.82) is 0 Å². The van der Waals surface area contributed by atoms with Crippen molar-refractivity contribution >= 4 is 5.69 Å². The lowest BCUT2D eigenvalue weighted by atomic mass is 9.82. The highest BCUT2D eigenvalue weighted by molar-refractivity contribution is 5.35. The van der Waals surface area contributed by atoms with Gasteiger partial charge in [0.1, 0.15) is 6.10 Å². The molecule has 2 heterocycles. The molecule has 6 nitrogen and oxygen atoms in total. The summed E-state index contributed by atoms with van der Waals surface area (Å²) >= 11 is 0. The van der Waals surface area contributed by atoms with Crippen LogP contribution in [0.15, 0.2) is 36.6 Å². The van der Waals surface area contributed by atoms with Gasteiger partial charge in [-0.3, -0.25) is 15.0 Å². The van der Waals surface area contributed by atoms with Crippen molar-refractivity contribution in [1.82, 2.24) is 5.06 Å². The monoisotopic (exact) mass is 346 g/mol. The molecule has 0 radical (unpaired) electrons. The number of nitro benzene ring substituents is 1. The van der Waals surface area contributed by atoms with Gasteiger partial charge in [-0.25, -0.2) is 0 Å². The number of hydrogen-bond acceptors (Lipinski definition) is 5. The van der Waals surface area contributed by atoms with Crippen LogP contribution in [0.1, 0.15) is 58.6 Å². The van der Waals surface area contributed by atoms with Crippen LogP contribution in [0, 0.1) is 10.1 Å². The number of piperidine rings is 1. The molecule has 25 heavy (non-hydrogen) atoms. The molecule has 136 valence electrons. The fraction of sp³-hybridized carbons (Fsp3) is 0.579. The van der Waals surface area contributed by atoms with Crippen LogP contribution >= 0.6 is 0 Å². The van der Waals surface area contributed by atoms with Crippen molar-refractivity contribution in [3.63, 3.8) is 0 Å². The first kappa shape index (κ1) is 17.9. The van der Waals surface area contributed by atoms with Gasteiger partial charge in [0, 0.05) is 23.2 Å². The van der Waals surface area contributed by atoms with E-state index in [1.54, 1.807) is 18.4 Å². The molecule has 0 spiro atoms. The van der Waals surface area contributed by atoms with Crippen molar-refractivity contribution in [2.24, 2.45) is 0 Å². The van der Waals surface area contributed by atoms with Gasteiger partial charge in [0.25, 0.3) is 5.69 Å². The molecule has 2 unspecified atom stereocenters. The van der Waals surface area contributed by atoms with Crippen LogP contribution in [0.4, 0.5) is 5.69 Å². The lowest BCUT2D eigenvalue weighted by Gasteiger charge is -2.52. The van der Waals surface area contributed by atoms with E-state index in [2.05, 4.69) is 32.8 Å². The van der Waals surface area contributed by atoms with Gasteiger partial charge in [-0.05, 0) is 70.7 Å². The number of nitrogens with zero attached hydrogens (tertiary/aromatic N) is 2. The average Bonchev–Trinajstić information content (AvgIpc) is 2.99. The first-order valence-electron chi connectivity index (χ1n) is 8.74. The molecule has 1 aromatic rings. The van der Waals surface area contributed by atoms with Gasteiger partial charge in [0.05, 0.1) is 11.2 Å². The predicted molar refractivity (Wildman–Crippen MR) is 94.8 cm³/mol. The highest BCUT2D eigenvalue weighted by atomic mass is 16.7. The summed E-state index contributed by atoms with van der Waals surface area (Å²) in [5.74, 6) is 0. The van der Waals surface area contributed by atoms with Crippen LogP contribution < -0.4 is 0 Å². The second-order valence-electron chi connectivity index (χ2n) is 8.08. The summed E-state index contributed by atoms with van der Waals surface area (Å²) in [7, 11) is 0. The maximum absolute atomic E-state index is 10.8. The Kier molecular flexibility index (Phi) is 4.60. The van der Waals surface area contributed by atoms with Crippen molar-refractivity contribution < 1.29 is 14.5 Å². The van der Waals surface area contributed by atoms with Gasteiger partial charge in [-0.1, -0.05) is 0 Å². The summed E-state index contributed by atoms with van der Waals surface area (Å²) in [5.41, 5.74) is 0.829. The first-order chi connectivity index (χ1) is 11.7. The molecule has 1 fully saturated rings. The fourth-order valence-corrected chi connectivity index (χ4v) is 3.91. The van der Waals surface area contributed by atoms with Crippen LogP contribution in [-0.4, -0.2) is 27.2 Å². The van der Waals surface area contributed by atoms with Crippen LogP contribution in [0.25, 0.3) is 0 Å². The van der Waals surface area contributed by atoms with Gasteiger partial charge in [0.2, 0.25) is 0 Å². The molecule has 1 saturated heterocycles. The van der Waals surface area contributed by atoms with Gasteiger partial charge in [-0.2, -0.15) is 5.06 Å². The van der Waals surface area contributed by atoms with E-state index in [0.29, 0.717) is 0 Å². The largest absolute Gasteiger partial charge is 0.490 e. The normalized spacial score (nSPS) is 27.8. The summed E-state index contributed by atoms with van der Waals surface area (Å²) in [6, 6.07) is 6.48. The third kappa shape index (κ3) is 3.55. The summed E-state index contributed by atoms with van der Waals surface area (Å²) in [6.45, 7) is 8.81. The minimum Gasteiger partial charge on any atom is -0.490 e. The van der Waals surface area contributed by atoms with Gasteiger partial charge < -0.3 is 4.74 Å². The van der Waals surface area contributed by atoms with E-state index in [1.807, 2.05) is 6.08 Å². The van der Waals surface area contributed by atoms with Gasteiger partial charge >= 0.3 is 0 Å². The van der Waals surface area contributed by atoms with E-state index >= 15 is 0 Å². The molecular formula is C19H26N2O4. The van der Waals surface area contributed by atoms with Crippen LogP contribution in [-0.2, 0) is 9.57 Å². The van der Waals surface area contributed by atoms with Crippen molar-refractivity contribution in [3.05, 3.63) is 52.3 Å². The Morgan fingerprint density at radius 3 is 2.32 bits per heavy atom. The quantitative estimate of drug-likeness (QED) is 0.592. The molecule has 1 aromatic carbocycles. The average molecular weight is 346 g/mol. The highest BCUT2D eigenvalue weighted by Gasteiger charge is 2.45. The minimum atomic E-state index is -0.399. The minimum absolute atomic E-state index is 0.0573. The SMILES string of the molecule is CC1(C)CCCC(C)(C)N1OC1C=COC1c1ccc([N+](=O)[O-])cc1.